The smallest absolute Gasteiger partial charge is 0.450 e. The first-order valence-corrected chi connectivity index (χ1v) is 5.81. The Morgan fingerprint density at radius 2 is 1.81 bits per heavy atom. The van der Waals surface area contributed by atoms with Gasteiger partial charge in [0.05, 0.1) is 12.4 Å². The largest absolute Gasteiger partial charge is 0.478 e. The van der Waals surface area contributed by atoms with Gasteiger partial charge in [-0.3, -0.25) is 4.79 Å². The molecule has 0 aliphatic heterocycles. The van der Waals surface area contributed by atoms with Gasteiger partial charge in [0.2, 0.25) is 10.2 Å². The minimum absolute atomic E-state index is 0.0347. The molecule has 0 heterocycles. The fourth-order valence-corrected chi connectivity index (χ4v) is 1.31. The summed E-state index contributed by atoms with van der Waals surface area (Å²) in [7, 11) is 0. The minimum Gasteiger partial charge on any atom is -0.478 e. The van der Waals surface area contributed by atoms with E-state index in [1.165, 1.54) is 0 Å². The molecule has 0 aliphatic rings. The Labute approximate surface area is 102 Å². The SMILES string of the molecule is CC(C)(C)COC(=S)SCC(=O)C(F)(F)F. The van der Waals surface area contributed by atoms with Gasteiger partial charge in [-0.1, -0.05) is 32.5 Å². The maximum absolute atomic E-state index is 11.8. The van der Waals surface area contributed by atoms with Crippen molar-refractivity contribution in [3.8, 4) is 0 Å². The second-order valence-electron chi connectivity index (χ2n) is 4.31. The second kappa shape index (κ2) is 5.86. The molecule has 16 heavy (non-hydrogen) atoms. The Balaban J connectivity index is 3.88. The third-order valence-corrected chi connectivity index (χ3v) is 2.49. The number of thiocarbonyl (C=S) groups is 1. The summed E-state index contributed by atoms with van der Waals surface area (Å²) in [5.74, 6) is -2.54. The van der Waals surface area contributed by atoms with Crippen molar-refractivity contribution in [1.82, 2.24) is 0 Å². The highest BCUT2D eigenvalue weighted by Gasteiger charge is 2.38. The molecule has 7 heteroatoms. The molecule has 2 nitrogen and oxygen atoms in total. The Morgan fingerprint density at radius 1 is 1.31 bits per heavy atom. The van der Waals surface area contributed by atoms with Gasteiger partial charge in [-0.05, 0) is 17.6 Å². The van der Waals surface area contributed by atoms with Gasteiger partial charge < -0.3 is 4.74 Å². The lowest BCUT2D eigenvalue weighted by molar-refractivity contribution is -0.167. The molecule has 0 spiro atoms. The van der Waals surface area contributed by atoms with Gasteiger partial charge in [0, 0.05) is 0 Å². The fraction of sp³-hybridized carbons (Fsp3) is 0.778. The molecule has 0 amide bonds. The Morgan fingerprint density at radius 3 is 2.19 bits per heavy atom. The topological polar surface area (TPSA) is 26.3 Å². The van der Waals surface area contributed by atoms with E-state index in [0.29, 0.717) is 18.4 Å². The first-order valence-electron chi connectivity index (χ1n) is 4.42. The van der Waals surface area contributed by atoms with Crippen LogP contribution in [0.3, 0.4) is 0 Å². The quantitative estimate of drug-likeness (QED) is 0.738. The predicted molar refractivity (Wildman–Crippen MR) is 61.5 cm³/mol. The molecule has 0 radical (unpaired) electrons. The van der Waals surface area contributed by atoms with Gasteiger partial charge in [-0.25, -0.2) is 0 Å². The molecule has 94 valence electrons. The number of carbonyl (C=O) groups excluding carboxylic acids is 1. The van der Waals surface area contributed by atoms with Crippen LogP contribution in [0.15, 0.2) is 0 Å². The van der Waals surface area contributed by atoms with E-state index in [4.69, 9.17) is 4.74 Å². The summed E-state index contributed by atoms with van der Waals surface area (Å²) in [4.78, 5) is 10.5. The van der Waals surface area contributed by atoms with E-state index < -0.39 is 17.7 Å². The van der Waals surface area contributed by atoms with Crippen LogP contribution in [0.2, 0.25) is 0 Å². The molecule has 0 fully saturated rings. The van der Waals surface area contributed by atoms with Crippen molar-refractivity contribution in [3.63, 3.8) is 0 Å². The van der Waals surface area contributed by atoms with Crippen LogP contribution in [0.1, 0.15) is 20.8 Å². The van der Waals surface area contributed by atoms with Crippen molar-refractivity contribution >= 4 is 34.1 Å². The molecule has 0 saturated carbocycles. The zero-order chi connectivity index (χ0) is 13.0. The lowest BCUT2D eigenvalue weighted by atomic mass is 9.99. The van der Waals surface area contributed by atoms with Crippen LogP contribution in [0.4, 0.5) is 13.2 Å². The first kappa shape index (κ1) is 15.7. The standard InChI is InChI=1S/C9H13F3O2S2/c1-8(2,3)5-14-7(15)16-4-6(13)9(10,11)12/h4-5H2,1-3H3. The number of hydrogen-bond donors (Lipinski definition) is 0. The van der Waals surface area contributed by atoms with Crippen LogP contribution in [0.5, 0.6) is 0 Å². The third kappa shape index (κ3) is 7.92. The van der Waals surface area contributed by atoms with Crippen LogP contribution in [0.25, 0.3) is 0 Å². The number of halogens is 3. The maximum Gasteiger partial charge on any atom is 0.450 e. The molecule has 0 atom stereocenters. The highest BCUT2D eigenvalue weighted by molar-refractivity contribution is 8.23. The Hall–Kier alpha value is -0.300. The molecule has 0 saturated heterocycles. The molecule has 0 aromatic rings. The number of carbonyl (C=O) groups is 1. The normalized spacial score (nSPS) is 12.4. The summed E-state index contributed by atoms with van der Waals surface area (Å²) in [6.45, 7) is 6.02. The average molecular weight is 274 g/mol. The highest BCUT2D eigenvalue weighted by atomic mass is 32.2. The summed E-state index contributed by atoms with van der Waals surface area (Å²) < 4.78 is 40.5. The zero-order valence-corrected chi connectivity index (χ0v) is 10.8. The number of alkyl halides is 3. The second-order valence-corrected chi connectivity index (χ2v) is 5.89. The molecule has 0 rings (SSSR count). The third-order valence-electron chi connectivity index (χ3n) is 1.26. The molecule has 0 aliphatic carbocycles. The van der Waals surface area contributed by atoms with E-state index in [1.54, 1.807) is 0 Å². The lowest BCUT2D eigenvalue weighted by Crippen LogP contribution is -2.25. The molecule has 0 N–H and O–H groups in total. The van der Waals surface area contributed by atoms with Crippen molar-refractivity contribution in [2.24, 2.45) is 5.41 Å². The zero-order valence-electron chi connectivity index (χ0n) is 9.18. The number of rotatable bonds is 3. The van der Waals surface area contributed by atoms with E-state index in [0.717, 1.165) is 0 Å². The minimum atomic E-state index is -4.80. The van der Waals surface area contributed by atoms with Gasteiger partial charge in [-0.2, -0.15) is 13.2 Å². The average Bonchev–Trinajstić information content (AvgIpc) is 2.08. The first-order chi connectivity index (χ1) is 7.02. The summed E-state index contributed by atoms with van der Waals surface area (Å²) in [6.07, 6.45) is -4.80. The van der Waals surface area contributed by atoms with Crippen molar-refractivity contribution < 1.29 is 22.7 Å². The molecular formula is C9H13F3O2S2. The Kier molecular flexibility index (Phi) is 5.75. The number of hydrogen-bond acceptors (Lipinski definition) is 4. The van der Waals surface area contributed by atoms with Gasteiger partial charge in [0.15, 0.2) is 0 Å². The van der Waals surface area contributed by atoms with Crippen molar-refractivity contribution in [1.29, 1.82) is 0 Å². The van der Waals surface area contributed by atoms with E-state index in [9.17, 15) is 18.0 Å². The number of ketones is 1. The summed E-state index contributed by atoms with van der Waals surface area (Å²) in [5.41, 5.74) is -0.126. The number of Topliss-reactive ketones (excluding diaryl/α,β-unsaturated/α-hetero) is 1. The van der Waals surface area contributed by atoms with Crippen LogP contribution in [0, 0.1) is 5.41 Å². The summed E-state index contributed by atoms with van der Waals surface area (Å²) in [5, 5.41) is 0. The Bertz CT molecular complexity index is 269. The molecule has 0 unspecified atom stereocenters. The van der Waals surface area contributed by atoms with Gasteiger partial charge >= 0.3 is 6.18 Å². The van der Waals surface area contributed by atoms with Crippen LogP contribution < -0.4 is 0 Å². The summed E-state index contributed by atoms with van der Waals surface area (Å²) >= 11 is 5.28. The predicted octanol–water partition coefficient (Wildman–Crippen LogP) is 3.20. The highest BCUT2D eigenvalue weighted by Crippen LogP contribution is 2.21. The maximum atomic E-state index is 11.8. The van der Waals surface area contributed by atoms with Crippen molar-refractivity contribution in [3.05, 3.63) is 0 Å². The lowest BCUT2D eigenvalue weighted by Gasteiger charge is -2.18. The van der Waals surface area contributed by atoms with Crippen molar-refractivity contribution in [2.45, 2.75) is 26.9 Å². The van der Waals surface area contributed by atoms with Crippen LogP contribution in [-0.2, 0) is 9.53 Å². The van der Waals surface area contributed by atoms with Crippen LogP contribution in [-0.4, -0.2) is 28.7 Å². The fourth-order valence-electron chi connectivity index (χ4n) is 0.523. The van der Waals surface area contributed by atoms with Crippen LogP contribution >= 0.6 is 24.0 Å². The van der Waals surface area contributed by atoms with Gasteiger partial charge in [0.25, 0.3) is 0 Å². The molecule has 0 aromatic carbocycles. The number of ether oxygens (including phenoxy) is 1. The molecule has 0 aromatic heterocycles. The molecule has 0 bridgehead atoms. The number of thioether (sulfide) groups is 1. The van der Waals surface area contributed by atoms with E-state index in [1.807, 2.05) is 20.8 Å². The molecular weight excluding hydrogens is 261 g/mol. The van der Waals surface area contributed by atoms with Gasteiger partial charge in [0.1, 0.15) is 0 Å². The van der Waals surface area contributed by atoms with E-state index >= 15 is 0 Å². The van der Waals surface area contributed by atoms with Gasteiger partial charge in [-0.15, -0.1) is 0 Å². The summed E-state index contributed by atoms with van der Waals surface area (Å²) in [6, 6.07) is 0. The van der Waals surface area contributed by atoms with Crippen molar-refractivity contribution in [2.75, 3.05) is 12.4 Å². The van der Waals surface area contributed by atoms with E-state index in [-0.39, 0.29) is 9.80 Å². The van der Waals surface area contributed by atoms with E-state index in [2.05, 4.69) is 12.2 Å². The monoisotopic (exact) mass is 274 g/mol.